The molecule has 0 amide bonds. The predicted octanol–water partition coefficient (Wildman–Crippen LogP) is 2.96. The molecular weight excluding hydrogens is 232 g/mol. The summed E-state index contributed by atoms with van der Waals surface area (Å²) >= 11 is 5.90. The molecule has 2 rings (SSSR count). The van der Waals surface area contributed by atoms with Crippen LogP contribution in [0.1, 0.15) is 44.9 Å². The first-order valence-corrected chi connectivity index (χ1v) is 7.96. The monoisotopic (exact) mass is 258 g/mol. The van der Waals surface area contributed by atoms with Gasteiger partial charge in [-0.1, -0.05) is 6.42 Å². The number of nitrogens with zero attached hydrogens (tertiary/aromatic N) is 2. The third-order valence-corrected chi connectivity index (χ3v) is 4.53. The molecule has 2 heterocycles. The minimum absolute atomic E-state index is 0.778. The van der Waals surface area contributed by atoms with E-state index in [2.05, 4.69) is 9.80 Å². The molecular formula is C14H27ClN2. The minimum atomic E-state index is 0.778. The Morgan fingerprint density at radius 3 is 2.47 bits per heavy atom. The topological polar surface area (TPSA) is 6.48 Å². The molecule has 1 atom stereocenters. The van der Waals surface area contributed by atoms with Crippen LogP contribution in [0.15, 0.2) is 0 Å². The van der Waals surface area contributed by atoms with Crippen LogP contribution in [0.3, 0.4) is 0 Å². The second kappa shape index (κ2) is 7.60. The van der Waals surface area contributed by atoms with Crippen LogP contribution in [0.25, 0.3) is 0 Å². The molecule has 2 aliphatic rings. The van der Waals surface area contributed by atoms with E-state index in [-0.39, 0.29) is 0 Å². The van der Waals surface area contributed by atoms with Crippen molar-refractivity contribution in [3.63, 3.8) is 0 Å². The van der Waals surface area contributed by atoms with Crippen LogP contribution in [0.5, 0.6) is 0 Å². The van der Waals surface area contributed by atoms with Gasteiger partial charge in [-0.3, -0.25) is 0 Å². The maximum Gasteiger partial charge on any atom is 0.0238 e. The van der Waals surface area contributed by atoms with Gasteiger partial charge in [0.1, 0.15) is 0 Å². The molecule has 0 radical (unpaired) electrons. The molecule has 2 fully saturated rings. The smallest absolute Gasteiger partial charge is 0.0238 e. The summed E-state index contributed by atoms with van der Waals surface area (Å²) in [6, 6.07) is 0.778. The van der Waals surface area contributed by atoms with Crippen LogP contribution in [0.4, 0.5) is 0 Å². The van der Waals surface area contributed by atoms with Gasteiger partial charge in [0.2, 0.25) is 0 Å². The largest absolute Gasteiger partial charge is 0.303 e. The molecule has 0 aromatic heterocycles. The summed E-state index contributed by atoms with van der Waals surface area (Å²) in [4.78, 5) is 5.32. The van der Waals surface area contributed by atoms with Crippen LogP contribution >= 0.6 is 11.6 Å². The fourth-order valence-electron chi connectivity index (χ4n) is 3.31. The fraction of sp³-hybridized carbons (Fsp3) is 1.00. The quantitative estimate of drug-likeness (QED) is 0.676. The van der Waals surface area contributed by atoms with Gasteiger partial charge in [-0.05, 0) is 71.2 Å². The van der Waals surface area contributed by atoms with Crippen molar-refractivity contribution in [3.8, 4) is 0 Å². The van der Waals surface area contributed by atoms with Gasteiger partial charge in [0.25, 0.3) is 0 Å². The second-order valence-corrected chi connectivity index (χ2v) is 5.94. The molecule has 0 aromatic carbocycles. The molecule has 0 N–H and O–H groups in total. The molecule has 2 nitrogen and oxygen atoms in total. The zero-order valence-corrected chi connectivity index (χ0v) is 11.8. The van der Waals surface area contributed by atoms with E-state index in [1.54, 1.807) is 0 Å². The Morgan fingerprint density at radius 1 is 0.941 bits per heavy atom. The minimum Gasteiger partial charge on any atom is -0.303 e. The van der Waals surface area contributed by atoms with Crippen molar-refractivity contribution >= 4 is 11.6 Å². The van der Waals surface area contributed by atoms with E-state index in [4.69, 9.17) is 11.6 Å². The van der Waals surface area contributed by atoms with E-state index in [0.717, 1.165) is 11.9 Å². The number of likely N-dealkylation sites (tertiary alicyclic amines) is 2. The highest BCUT2D eigenvalue weighted by Crippen LogP contribution is 2.20. The summed E-state index contributed by atoms with van der Waals surface area (Å²) in [5, 5.41) is 0. The van der Waals surface area contributed by atoms with E-state index in [0.29, 0.717) is 0 Å². The maximum atomic E-state index is 5.90. The molecule has 3 heteroatoms. The Bertz CT molecular complexity index is 202. The third-order valence-electron chi connectivity index (χ3n) is 4.31. The van der Waals surface area contributed by atoms with Gasteiger partial charge in [-0.2, -0.15) is 0 Å². The van der Waals surface area contributed by atoms with Gasteiger partial charge in [0.05, 0.1) is 0 Å². The average Bonchev–Trinajstić information content (AvgIpc) is 2.85. The molecule has 1 unspecified atom stereocenters. The van der Waals surface area contributed by atoms with Crippen LogP contribution < -0.4 is 0 Å². The molecule has 0 bridgehead atoms. The maximum absolute atomic E-state index is 5.90. The summed E-state index contributed by atoms with van der Waals surface area (Å²) in [5.74, 6) is 0.827. The van der Waals surface area contributed by atoms with Crippen molar-refractivity contribution in [2.45, 2.75) is 51.0 Å². The summed E-state index contributed by atoms with van der Waals surface area (Å²) in [6.07, 6.45) is 9.53. The predicted molar refractivity (Wildman–Crippen MR) is 74.8 cm³/mol. The molecule has 0 aliphatic carbocycles. The van der Waals surface area contributed by atoms with Crippen molar-refractivity contribution in [1.82, 2.24) is 9.80 Å². The number of halogens is 1. The molecule has 0 aromatic rings. The molecule has 2 saturated heterocycles. The van der Waals surface area contributed by atoms with Crippen LogP contribution in [-0.4, -0.2) is 54.4 Å². The lowest BCUT2D eigenvalue weighted by Gasteiger charge is -2.35. The van der Waals surface area contributed by atoms with Crippen molar-refractivity contribution in [1.29, 1.82) is 0 Å². The van der Waals surface area contributed by atoms with Crippen molar-refractivity contribution in [3.05, 3.63) is 0 Å². The first kappa shape index (κ1) is 13.6. The average molecular weight is 259 g/mol. The number of hydrogen-bond acceptors (Lipinski definition) is 2. The van der Waals surface area contributed by atoms with Crippen LogP contribution in [-0.2, 0) is 0 Å². The van der Waals surface area contributed by atoms with Gasteiger partial charge >= 0.3 is 0 Å². The molecule has 100 valence electrons. The Morgan fingerprint density at radius 2 is 1.71 bits per heavy atom. The van der Waals surface area contributed by atoms with Gasteiger partial charge in [-0.25, -0.2) is 0 Å². The normalized spacial score (nSPS) is 27.7. The molecule has 2 aliphatic heterocycles. The first-order chi connectivity index (χ1) is 8.40. The first-order valence-electron chi connectivity index (χ1n) is 7.42. The summed E-state index contributed by atoms with van der Waals surface area (Å²) < 4.78 is 0. The number of rotatable bonds is 6. The molecule has 17 heavy (non-hydrogen) atoms. The van der Waals surface area contributed by atoms with Gasteiger partial charge in [0, 0.05) is 11.9 Å². The van der Waals surface area contributed by atoms with Crippen molar-refractivity contribution < 1.29 is 0 Å². The number of hydrogen-bond donors (Lipinski definition) is 0. The third kappa shape index (κ3) is 4.42. The van der Waals surface area contributed by atoms with E-state index in [1.165, 1.54) is 77.7 Å². The Kier molecular flexibility index (Phi) is 6.10. The Balaban J connectivity index is 1.64. The van der Waals surface area contributed by atoms with Crippen molar-refractivity contribution in [2.24, 2.45) is 0 Å². The summed E-state index contributed by atoms with van der Waals surface area (Å²) in [7, 11) is 0. The Labute approximate surface area is 111 Å². The highest BCUT2D eigenvalue weighted by Gasteiger charge is 2.21. The standard InChI is InChI=1S/C14H27ClN2/c15-8-7-14-6-1-2-12-17(14)13-5-11-16-9-3-4-10-16/h14H,1-13H2. The van der Waals surface area contributed by atoms with Crippen LogP contribution in [0, 0.1) is 0 Å². The van der Waals surface area contributed by atoms with E-state index in [1.807, 2.05) is 0 Å². The fourth-order valence-corrected chi connectivity index (χ4v) is 3.56. The lowest BCUT2D eigenvalue weighted by molar-refractivity contribution is 0.137. The highest BCUT2D eigenvalue weighted by molar-refractivity contribution is 6.17. The van der Waals surface area contributed by atoms with Crippen LogP contribution in [0.2, 0.25) is 0 Å². The number of piperidine rings is 1. The number of alkyl halides is 1. The highest BCUT2D eigenvalue weighted by atomic mass is 35.5. The summed E-state index contributed by atoms with van der Waals surface area (Å²) in [5.41, 5.74) is 0. The zero-order valence-electron chi connectivity index (χ0n) is 11.0. The van der Waals surface area contributed by atoms with E-state index in [9.17, 15) is 0 Å². The van der Waals surface area contributed by atoms with Gasteiger partial charge in [0.15, 0.2) is 0 Å². The molecule has 0 spiro atoms. The van der Waals surface area contributed by atoms with E-state index >= 15 is 0 Å². The molecule has 0 saturated carbocycles. The van der Waals surface area contributed by atoms with Gasteiger partial charge < -0.3 is 9.80 Å². The van der Waals surface area contributed by atoms with Crippen molar-refractivity contribution in [2.75, 3.05) is 38.6 Å². The Hall–Kier alpha value is 0.210. The lowest BCUT2D eigenvalue weighted by Crippen LogP contribution is -2.41. The second-order valence-electron chi connectivity index (χ2n) is 5.57. The summed E-state index contributed by atoms with van der Waals surface area (Å²) in [6.45, 7) is 6.58. The van der Waals surface area contributed by atoms with E-state index < -0.39 is 0 Å². The lowest BCUT2D eigenvalue weighted by atomic mass is 10.00. The van der Waals surface area contributed by atoms with Gasteiger partial charge in [-0.15, -0.1) is 11.6 Å². The SMILES string of the molecule is ClCCC1CCCCN1CCCN1CCCC1. The zero-order chi connectivity index (χ0) is 11.9.